The van der Waals surface area contributed by atoms with Gasteiger partial charge in [-0.05, 0) is 43.0 Å². The number of aryl methyl sites for hydroxylation is 1. The molecule has 0 aliphatic carbocycles. The van der Waals surface area contributed by atoms with Gasteiger partial charge in [0.05, 0.1) is 31.5 Å². The Hall–Kier alpha value is -4.02. The summed E-state index contributed by atoms with van der Waals surface area (Å²) in [6, 6.07) is 14.2. The molecule has 0 unspecified atom stereocenters. The zero-order valence-corrected chi connectivity index (χ0v) is 26.8. The van der Waals surface area contributed by atoms with Gasteiger partial charge in [0.15, 0.2) is 0 Å². The first-order valence-electron chi connectivity index (χ1n) is 16.1. The van der Waals surface area contributed by atoms with Crippen LogP contribution in [0.3, 0.4) is 0 Å². The lowest BCUT2D eigenvalue weighted by atomic mass is 10.0. The maximum atomic E-state index is 13.8. The van der Waals surface area contributed by atoms with Gasteiger partial charge in [0, 0.05) is 51.0 Å². The number of morpholine rings is 1. The predicted octanol–water partition coefficient (Wildman–Crippen LogP) is 5.46. The second kappa shape index (κ2) is 17.5. The third-order valence-corrected chi connectivity index (χ3v) is 7.94. The number of rotatable bonds is 16. The maximum absolute atomic E-state index is 13.8. The molecule has 1 aliphatic rings. The summed E-state index contributed by atoms with van der Waals surface area (Å²) in [7, 11) is 1.30. The molecule has 2 aromatic carbocycles. The van der Waals surface area contributed by atoms with E-state index in [1.54, 1.807) is 18.3 Å². The van der Waals surface area contributed by atoms with Crippen molar-refractivity contribution in [2.24, 2.45) is 0 Å². The third kappa shape index (κ3) is 9.48. The van der Waals surface area contributed by atoms with Crippen molar-refractivity contribution in [3.63, 3.8) is 0 Å². The number of unbranched alkanes of at least 4 members (excludes halogenated alkanes) is 2. The minimum absolute atomic E-state index is 0.0725. The SMILES string of the molecule is CCCCN(CCCC)C(=O)c1cn(CCCN2CCOCC2)c(-c2ccc(C(=O)OC)cc2C(=O)OCc2ccccc2)n1. The molecule has 1 aliphatic heterocycles. The topological polar surface area (TPSA) is 103 Å². The van der Waals surface area contributed by atoms with Crippen LogP contribution in [-0.4, -0.2) is 90.2 Å². The van der Waals surface area contributed by atoms with E-state index in [0.29, 0.717) is 36.7 Å². The number of esters is 2. The van der Waals surface area contributed by atoms with Gasteiger partial charge in [-0.2, -0.15) is 0 Å². The van der Waals surface area contributed by atoms with E-state index >= 15 is 0 Å². The zero-order chi connectivity index (χ0) is 32.0. The molecule has 10 nitrogen and oxygen atoms in total. The number of aromatic nitrogens is 2. The maximum Gasteiger partial charge on any atom is 0.339 e. The molecular weight excluding hydrogens is 572 g/mol. The first kappa shape index (κ1) is 33.9. The molecule has 4 rings (SSSR count). The summed E-state index contributed by atoms with van der Waals surface area (Å²) in [6.07, 6.45) is 6.41. The van der Waals surface area contributed by atoms with Crippen molar-refractivity contribution >= 4 is 17.8 Å². The number of amides is 1. The Balaban J connectivity index is 1.70. The molecule has 0 N–H and O–H groups in total. The predicted molar refractivity (Wildman–Crippen MR) is 172 cm³/mol. The van der Waals surface area contributed by atoms with Crippen molar-refractivity contribution in [2.45, 2.75) is 59.1 Å². The Morgan fingerprint density at radius 3 is 2.29 bits per heavy atom. The van der Waals surface area contributed by atoms with Gasteiger partial charge in [-0.3, -0.25) is 9.69 Å². The molecule has 1 amide bonds. The second-order valence-electron chi connectivity index (χ2n) is 11.3. The third-order valence-electron chi connectivity index (χ3n) is 7.94. The van der Waals surface area contributed by atoms with Crippen molar-refractivity contribution in [2.75, 3.05) is 53.0 Å². The van der Waals surface area contributed by atoms with Gasteiger partial charge in [-0.25, -0.2) is 14.6 Å². The Bertz CT molecular complexity index is 1390. The van der Waals surface area contributed by atoms with Crippen molar-refractivity contribution in [1.82, 2.24) is 19.4 Å². The van der Waals surface area contributed by atoms with E-state index in [1.807, 2.05) is 39.8 Å². The standard InChI is InChI=1S/C35H46N4O6/c1-4-6-17-38(18-7-5-2)33(40)31-25-39(19-11-16-37-20-22-44-23-21-37)32(36-31)29-15-14-28(34(41)43-3)24-30(29)35(42)45-26-27-12-9-8-10-13-27/h8-10,12-15,24-25H,4-7,11,16-23,26H2,1-3H3. The van der Waals surface area contributed by atoms with E-state index in [2.05, 4.69) is 18.7 Å². The van der Waals surface area contributed by atoms with Crippen LogP contribution in [0.1, 0.15) is 82.7 Å². The highest BCUT2D eigenvalue weighted by Gasteiger charge is 2.25. The minimum Gasteiger partial charge on any atom is -0.465 e. The average molecular weight is 619 g/mol. The number of carbonyl (C=O) groups excluding carboxylic acids is 3. The molecule has 1 saturated heterocycles. The van der Waals surface area contributed by atoms with Crippen molar-refractivity contribution in [3.8, 4) is 11.4 Å². The number of nitrogens with zero attached hydrogens (tertiary/aromatic N) is 4. The summed E-state index contributed by atoms with van der Waals surface area (Å²) < 4.78 is 18.1. The number of ether oxygens (including phenoxy) is 3. The molecule has 0 spiro atoms. The molecule has 0 bridgehead atoms. The molecular formula is C35H46N4O6. The lowest BCUT2D eigenvalue weighted by Gasteiger charge is -2.26. The van der Waals surface area contributed by atoms with Gasteiger partial charge in [-0.15, -0.1) is 0 Å². The fourth-order valence-electron chi connectivity index (χ4n) is 5.32. The highest BCUT2D eigenvalue weighted by molar-refractivity contribution is 6.01. The molecule has 0 radical (unpaired) electrons. The number of methoxy groups -OCH3 is 1. The largest absolute Gasteiger partial charge is 0.465 e. The van der Waals surface area contributed by atoms with E-state index in [0.717, 1.165) is 70.5 Å². The van der Waals surface area contributed by atoms with Crippen molar-refractivity contribution < 1.29 is 28.6 Å². The molecule has 10 heteroatoms. The van der Waals surface area contributed by atoms with Crippen LogP contribution in [0.25, 0.3) is 11.4 Å². The number of carbonyl (C=O) groups is 3. The van der Waals surface area contributed by atoms with E-state index < -0.39 is 11.9 Å². The van der Waals surface area contributed by atoms with Gasteiger partial charge >= 0.3 is 11.9 Å². The number of hydrogen-bond acceptors (Lipinski definition) is 8. The molecule has 242 valence electrons. The molecule has 0 atom stereocenters. The van der Waals surface area contributed by atoms with Crippen molar-refractivity contribution in [1.29, 1.82) is 0 Å². The molecule has 2 heterocycles. The van der Waals surface area contributed by atoms with Gasteiger partial charge in [-0.1, -0.05) is 57.0 Å². The van der Waals surface area contributed by atoms with Crippen LogP contribution in [0, 0.1) is 0 Å². The first-order chi connectivity index (χ1) is 21.9. The summed E-state index contributed by atoms with van der Waals surface area (Å²) in [5.74, 6) is -0.799. The Morgan fingerprint density at radius 1 is 0.911 bits per heavy atom. The minimum atomic E-state index is -0.595. The normalized spacial score (nSPS) is 13.4. The quantitative estimate of drug-likeness (QED) is 0.195. The summed E-state index contributed by atoms with van der Waals surface area (Å²) in [5.41, 5.74) is 2.07. The Morgan fingerprint density at radius 2 is 1.62 bits per heavy atom. The van der Waals surface area contributed by atoms with Crippen LogP contribution in [0.5, 0.6) is 0 Å². The van der Waals surface area contributed by atoms with Crippen LogP contribution in [0.2, 0.25) is 0 Å². The van der Waals surface area contributed by atoms with Gasteiger partial charge in [0.25, 0.3) is 5.91 Å². The molecule has 1 aromatic heterocycles. The van der Waals surface area contributed by atoms with E-state index in [9.17, 15) is 14.4 Å². The zero-order valence-electron chi connectivity index (χ0n) is 26.8. The molecule has 3 aromatic rings. The van der Waals surface area contributed by atoms with E-state index in [4.69, 9.17) is 19.2 Å². The number of benzene rings is 2. The summed E-state index contributed by atoms with van der Waals surface area (Å²) in [5, 5.41) is 0. The van der Waals surface area contributed by atoms with Crippen LogP contribution < -0.4 is 0 Å². The molecule has 1 fully saturated rings. The lowest BCUT2D eigenvalue weighted by molar-refractivity contribution is 0.0369. The lowest BCUT2D eigenvalue weighted by Crippen LogP contribution is -2.37. The van der Waals surface area contributed by atoms with Crippen LogP contribution in [-0.2, 0) is 27.4 Å². The van der Waals surface area contributed by atoms with Crippen LogP contribution in [0.15, 0.2) is 54.7 Å². The van der Waals surface area contributed by atoms with Crippen LogP contribution >= 0.6 is 0 Å². The highest BCUT2D eigenvalue weighted by atomic mass is 16.5. The fraction of sp³-hybridized carbons (Fsp3) is 0.486. The smallest absolute Gasteiger partial charge is 0.339 e. The van der Waals surface area contributed by atoms with E-state index in [-0.39, 0.29) is 23.6 Å². The van der Waals surface area contributed by atoms with Crippen molar-refractivity contribution in [3.05, 3.63) is 77.1 Å². The van der Waals surface area contributed by atoms with Gasteiger partial charge < -0.3 is 23.7 Å². The number of imidazole rings is 1. The average Bonchev–Trinajstić information content (AvgIpc) is 3.51. The van der Waals surface area contributed by atoms with Crippen LogP contribution in [0.4, 0.5) is 0 Å². The highest BCUT2D eigenvalue weighted by Crippen LogP contribution is 2.27. The summed E-state index contributed by atoms with van der Waals surface area (Å²) in [6.45, 7) is 10.3. The first-order valence-corrected chi connectivity index (χ1v) is 16.1. The summed E-state index contributed by atoms with van der Waals surface area (Å²) in [4.78, 5) is 49.0. The molecule has 0 saturated carbocycles. The molecule has 45 heavy (non-hydrogen) atoms. The Labute approximate surface area is 266 Å². The monoisotopic (exact) mass is 618 g/mol. The van der Waals surface area contributed by atoms with Gasteiger partial charge in [0.2, 0.25) is 0 Å². The Kier molecular flexibility index (Phi) is 13.1. The van der Waals surface area contributed by atoms with Gasteiger partial charge in [0.1, 0.15) is 18.1 Å². The number of hydrogen-bond donors (Lipinski definition) is 0. The van der Waals surface area contributed by atoms with E-state index in [1.165, 1.54) is 13.2 Å². The fourth-order valence-corrected chi connectivity index (χ4v) is 5.32. The second-order valence-corrected chi connectivity index (χ2v) is 11.3. The summed E-state index contributed by atoms with van der Waals surface area (Å²) >= 11 is 0.